The Morgan fingerprint density at radius 2 is 1.46 bits per heavy atom. The average molecular weight is 558 g/mol. The maximum atomic E-state index is 15.4. The number of rotatable bonds is 12. The molecule has 0 spiro atoms. The first-order chi connectivity index (χ1) is 18.5. The van der Waals surface area contributed by atoms with Crippen molar-refractivity contribution in [1.82, 2.24) is 9.55 Å². The Morgan fingerprint density at radius 3 is 1.95 bits per heavy atom. The molecule has 0 bridgehead atoms. The fourth-order valence-electron chi connectivity index (χ4n) is 3.88. The molecule has 1 aliphatic rings. The van der Waals surface area contributed by atoms with Crippen LogP contribution in [0.1, 0.15) is 79.4 Å². The minimum absolute atomic E-state index is 0.0413. The highest BCUT2D eigenvalue weighted by Crippen LogP contribution is 2.33. The number of unbranched alkanes of at least 4 members (excludes halogenated alkanes) is 4. The number of hydrogen-bond donors (Lipinski definition) is 0. The minimum Gasteiger partial charge on any atom is -0.456 e. The number of anilines is 1. The lowest BCUT2D eigenvalue weighted by Gasteiger charge is -2.24. The Hall–Kier alpha value is -3.55. The number of nitrogens with zero attached hydrogens (tertiary/aromatic N) is 3. The summed E-state index contributed by atoms with van der Waals surface area (Å²) in [6, 6.07) is 0. The highest BCUT2D eigenvalue weighted by molar-refractivity contribution is 6.08. The van der Waals surface area contributed by atoms with E-state index >= 15 is 4.39 Å². The van der Waals surface area contributed by atoms with Crippen LogP contribution in [0.25, 0.3) is 0 Å². The lowest BCUT2D eigenvalue weighted by molar-refractivity contribution is -0.165. The fraction of sp³-hybridized carbons (Fsp3) is 0.680. The molecule has 1 aromatic rings. The van der Waals surface area contributed by atoms with Crippen LogP contribution in [0.4, 0.5) is 19.8 Å². The number of carbonyl (C=O) groups excluding carboxylic acids is 4. The average Bonchev–Trinajstić information content (AvgIpc) is 3.15. The monoisotopic (exact) mass is 557 g/mol. The Morgan fingerprint density at radius 1 is 0.949 bits per heavy atom. The van der Waals surface area contributed by atoms with E-state index in [0.717, 1.165) is 39.5 Å². The molecule has 0 aliphatic carbocycles. The van der Waals surface area contributed by atoms with Gasteiger partial charge < -0.3 is 23.7 Å². The summed E-state index contributed by atoms with van der Waals surface area (Å²) in [4.78, 5) is 65.6. The van der Waals surface area contributed by atoms with Crippen LogP contribution in [0.2, 0.25) is 0 Å². The van der Waals surface area contributed by atoms with Crippen LogP contribution in [0.15, 0.2) is 11.0 Å². The molecule has 0 aromatic carbocycles. The van der Waals surface area contributed by atoms with Crippen LogP contribution in [-0.2, 0) is 33.3 Å². The van der Waals surface area contributed by atoms with Crippen LogP contribution < -0.4 is 10.6 Å². The SMILES string of the molecule is CCCCCOC(=O)N(C(=O)OCCCCC)c1nc(=O)n([C@@H]2O[C@H](C)[C@@H](OC(C)=O)[C@H]2OC(C)=O)cc1F. The molecule has 2 amide bonds. The van der Waals surface area contributed by atoms with Crippen LogP contribution in [-0.4, -0.2) is 65.2 Å². The molecule has 13 nitrogen and oxygen atoms in total. The van der Waals surface area contributed by atoms with Crippen LogP contribution in [0.5, 0.6) is 0 Å². The molecular formula is C25H36FN3O10. The quantitative estimate of drug-likeness (QED) is 0.210. The first-order valence-corrected chi connectivity index (χ1v) is 12.9. The third kappa shape index (κ3) is 8.73. The summed E-state index contributed by atoms with van der Waals surface area (Å²) in [5, 5.41) is 0. The van der Waals surface area contributed by atoms with E-state index in [1.165, 1.54) is 6.92 Å². The molecule has 0 N–H and O–H groups in total. The normalized spacial score (nSPS) is 20.3. The lowest BCUT2D eigenvalue weighted by atomic mass is 10.1. The number of hydrogen-bond acceptors (Lipinski definition) is 11. The summed E-state index contributed by atoms with van der Waals surface area (Å²) >= 11 is 0. The van der Waals surface area contributed by atoms with Crippen LogP contribution in [0.3, 0.4) is 0 Å². The molecule has 2 rings (SSSR count). The molecule has 39 heavy (non-hydrogen) atoms. The number of imide groups is 1. The smallest absolute Gasteiger partial charge is 0.425 e. The van der Waals surface area contributed by atoms with Crippen molar-refractivity contribution in [2.45, 2.75) is 97.7 Å². The van der Waals surface area contributed by atoms with Gasteiger partial charge in [0.1, 0.15) is 0 Å². The van der Waals surface area contributed by atoms with E-state index in [-0.39, 0.29) is 18.1 Å². The van der Waals surface area contributed by atoms with E-state index in [0.29, 0.717) is 23.6 Å². The molecule has 1 saturated heterocycles. The predicted molar refractivity (Wildman–Crippen MR) is 133 cm³/mol. The fourth-order valence-corrected chi connectivity index (χ4v) is 3.88. The Bertz CT molecular complexity index is 1050. The van der Waals surface area contributed by atoms with Crippen molar-refractivity contribution < 1.29 is 47.3 Å². The van der Waals surface area contributed by atoms with Crippen LogP contribution >= 0.6 is 0 Å². The van der Waals surface area contributed by atoms with Gasteiger partial charge >= 0.3 is 29.8 Å². The van der Waals surface area contributed by atoms with Gasteiger partial charge in [0, 0.05) is 13.8 Å². The second-order valence-corrected chi connectivity index (χ2v) is 8.96. The topological polar surface area (TPSA) is 153 Å². The van der Waals surface area contributed by atoms with Gasteiger partial charge in [-0.1, -0.05) is 39.5 Å². The second-order valence-electron chi connectivity index (χ2n) is 8.96. The van der Waals surface area contributed by atoms with Gasteiger partial charge in [-0.3, -0.25) is 14.2 Å². The van der Waals surface area contributed by atoms with E-state index in [1.807, 2.05) is 13.8 Å². The third-order valence-electron chi connectivity index (χ3n) is 5.71. The minimum atomic E-state index is -1.42. The van der Waals surface area contributed by atoms with Crippen molar-refractivity contribution in [3.63, 3.8) is 0 Å². The van der Waals surface area contributed by atoms with Gasteiger partial charge in [-0.2, -0.15) is 9.88 Å². The molecule has 1 aromatic heterocycles. The van der Waals surface area contributed by atoms with Crippen molar-refractivity contribution in [1.29, 1.82) is 0 Å². The maximum absolute atomic E-state index is 15.4. The number of ether oxygens (including phenoxy) is 5. The largest absolute Gasteiger partial charge is 0.456 e. The summed E-state index contributed by atoms with van der Waals surface area (Å²) in [5.74, 6) is -3.64. The molecule has 0 radical (unpaired) electrons. The van der Waals surface area contributed by atoms with Crippen LogP contribution in [0, 0.1) is 5.82 Å². The van der Waals surface area contributed by atoms with Gasteiger partial charge in [0.15, 0.2) is 30.1 Å². The molecular weight excluding hydrogens is 521 g/mol. The van der Waals surface area contributed by atoms with Gasteiger partial charge in [0.2, 0.25) is 0 Å². The Kier molecular flexibility index (Phi) is 12.3. The number of carbonyl (C=O) groups is 4. The number of halogens is 1. The summed E-state index contributed by atoms with van der Waals surface area (Å²) in [5.41, 5.74) is -1.15. The van der Waals surface area contributed by atoms with Gasteiger partial charge in [0.25, 0.3) is 0 Å². The molecule has 218 valence electrons. The number of amides is 2. The molecule has 14 heteroatoms. The predicted octanol–water partition coefficient (Wildman–Crippen LogP) is 3.62. The number of aromatic nitrogens is 2. The second kappa shape index (κ2) is 15.1. The summed E-state index contributed by atoms with van der Waals surface area (Å²) < 4.78 is 42.4. The third-order valence-corrected chi connectivity index (χ3v) is 5.71. The van der Waals surface area contributed by atoms with Gasteiger partial charge in [-0.05, 0) is 19.8 Å². The zero-order chi connectivity index (χ0) is 29.1. The van der Waals surface area contributed by atoms with Gasteiger partial charge in [-0.25, -0.2) is 18.8 Å². The van der Waals surface area contributed by atoms with E-state index in [9.17, 15) is 24.0 Å². The summed E-state index contributed by atoms with van der Waals surface area (Å²) in [6.45, 7) is 7.58. The van der Waals surface area contributed by atoms with Gasteiger partial charge in [0.05, 0.1) is 25.5 Å². The zero-order valence-electron chi connectivity index (χ0n) is 22.8. The van der Waals surface area contributed by atoms with Crippen molar-refractivity contribution in [2.75, 3.05) is 18.1 Å². The number of esters is 2. The molecule has 4 atom stereocenters. The first kappa shape index (κ1) is 31.7. The highest BCUT2D eigenvalue weighted by atomic mass is 19.1. The van der Waals surface area contributed by atoms with Gasteiger partial charge in [-0.15, -0.1) is 0 Å². The van der Waals surface area contributed by atoms with E-state index in [2.05, 4.69) is 4.98 Å². The summed E-state index contributed by atoms with van der Waals surface area (Å²) in [7, 11) is 0. The molecule has 0 unspecified atom stereocenters. The van der Waals surface area contributed by atoms with E-state index in [4.69, 9.17) is 23.7 Å². The van der Waals surface area contributed by atoms with Crippen molar-refractivity contribution >= 4 is 29.9 Å². The molecule has 2 heterocycles. The maximum Gasteiger partial charge on any atom is 0.425 e. The highest BCUT2D eigenvalue weighted by Gasteiger charge is 2.49. The Labute approximate surface area is 225 Å². The molecule has 1 aliphatic heterocycles. The summed E-state index contributed by atoms with van der Waals surface area (Å²) in [6.07, 6.45) is -2.30. The zero-order valence-corrected chi connectivity index (χ0v) is 22.8. The first-order valence-electron chi connectivity index (χ1n) is 12.9. The lowest BCUT2D eigenvalue weighted by Crippen LogP contribution is -2.43. The molecule has 0 saturated carbocycles. The van der Waals surface area contributed by atoms with Crippen molar-refractivity contribution in [2.24, 2.45) is 0 Å². The molecule has 1 fully saturated rings. The van der Waals surface area contributed by atoms with E-state index < -0.39 is 66.0 Å². The Balaban J connectivity index is 2.42. The van der Waals surface area contributed by atoms with Crippen molar-refractivity contribution in [3.8, 4) is 0 Å². The van der Waals surface area contributed by atoms with Crippen molar-refractivity contribution in [3.05, 3.63) is 22.5 Å². The standard InChI is InChI=1S/C25H36FN3O10/c1-6-8-10-12-35-24(33)29(25(34)36-13-11-9-7-2)21-18(26)14-28(23(32)27-21)22-20(39-17(5)31)19(15(3)37-22)38-16(4)30/h14-15,19-20,22H,6-13H2,1-5H3/t15-,19-,20-,22-/m1/s1. The van der Waals surface area contributed by atoms with E-state index in [1.54, 1.807) is 0 Å².